The van der Waals surface area contributed by atoms with Gasteiger partial charge in [0.15, 0.2) is 11.5 Å². The highest BCUT2D eigenvalue weighted by molar-refractivity contribution is 5.92. The third-order valence-corrected chi connectivity index (χ3v) is 3.91. The van der Waals surface area contributed by atoms with Crippen molar-refractivity contribution in [1.29, 1.82) is 0 Å². The second-order valence-electron chi connectivity index (χ2n) is 5.91. The summed E-state index contributed by atoms with van der Waals surface area (Å²) in [7, 11) is 1.59. The third kappa shape index (κ3) is 4.58. The Morgan fingerprint density at radius 2 is 1.93 bits per heavy atom. The lowest BCUT2D eigenvalue weighted by molar-refractivity contribution is 0.0944. The summed E-state index contributed by atoms with van der Waals surface area (Å²) in [6.45, 7) is 2.05. The number of carbonyl (C=O) groups excluding carboxylic acids is 1. The van der Waals surface area contributed by atoms with Gasteiger partial charge in [-0.3, -0.25) is 4.79 Å². The molecule has 3 rings (SSSR count). The van der Waals surface area contributed by atoms with Crippen LogP contribution in [0.1, 0.15) is 21.6 Å². The number of aryl methyl sites for hydroxylation is 1. The van der Waals surface area contributed by atoms with Gasteiger partial charge in [0, 0.05) is 12.1 Å². The normalized spacial score (nSPS) is 10.3. The molecular weight excluding hydrogens is 347 g/mol. The summed E-state index contributed by atoms with van der Waals surface area (Å²) in [5, 5.41) is 13.7. The van der Waals surface area contributed by atoms with Crippen LogP contribution in [0.3, 0.4) is 0 Å². The molecule has 0 aliphatic rings. The Bertz CT molecular complexity index is 945. The Morgan fingerprint density at radius 1 is 1.11 bits per heavy atom. The lowest BCUT2D eigenvalue weighted by Gasteiger charge is -2.11. The number of methoxy groups -OCH3 is 1. The first-order valence-electron chi connectivity index (χ1n) is 8.34. The molecule has 6 nitrogen and oxygen atoms in total. The van der Waals surface area contributed by atoms with E-state index >= 15 is 0 Å². The molecule has 27 heavy (non-hydrogen) atoms. The zero-order valence-corrected chi connectivity index (χ0v) is 15.0. The van der Waals surface area contributed by atoms with Gasteiger partial charge in [0.25, 0.3) is 5.91 Å². The Balaban J connectivity index is 1.65. The number of rotatable bonds is 6. The molecule has 138 valence electrons. The summed E-state index contributed by atoms with van der Waals surface area (Å²) in [5.41, 5.74) is 2.37. The molecule has 0 unspecified atom stereocenters. The molecule has 0 atom stereocenters. The zero-order chi connectivity index (χ0) is 19.2. The zero-order valence-electron chi connectivity index (χ0n) is 15.0. The van der Waals surface area contributed by atoms with E-state index in [4.69, 9.17) is 4.74 Å². The first-order chi connectivity index (χ1) is 13.1. The monoisotopic (exact) mass is 366 g/mol. The average Bonchev–Trinajstić information content (AvgIpc) is 2.68. The highest BCUT2D eigenvalue weighted by atomic mass is 19.1. The predicted octanol–water partition coefficient (Wildman–Crippen LogP) is 3.61. The van der Waals surface area contributed by atoms with Crippen LogP contribution in [0.4, 0.5) is 15.9 Å². The molecule has 0 radical (unpaired) electrons. The summed E-state index contributed by atoms with van der Waals surface area (Å²) in [6.07, 6.45) is 0. The molecule has 0 aliphatic carbocycles. The van der Waals surface area contributed by atoms with Crippen molar-refractivity contribution < 1.29 is 13.9 Å². The largest absolute Gasteiger partial charge is 0.495 e. The first kappa shape index (κ1) is 18.3. The minimum atomic E-state index is -0.426. The van der Waals surface area contributed by atoms with Gasteiger partial charge >= 0.3 is 0 Å². The van der Waals surface area contributed by atoms with Crippen LogP contribution in [-0.2, 0) is 6.54 Å². The number of halogens is 1. The van der Waals surface area contributed by atoms with Crippen LogP contribution in [0.25, 0.3) is 0 Å². The number of nitrogens with zero attached hydrogens (tertiary/aromatic N) is 2. The van der Waals surface area contributed by atoms with E-state index in [0.717, 1.165) is 11.3 Å². The highest BCUT2D eigenvalue weighted by Crippen LogP contribution is 2.27. The number of ether oxygens (including phenoxy) is 1. The topological polar surface area (TPSA) is 76.1 Å². The van der Waals surface area contributed by atoms with Crippen molar-refractivity contribution in [1.82, 2.24) is 15.5 Å². The predicted molar refractivity (Wildman–Crippen MR) is 101 cm³/mol. The van der Waals surface area contributed by atoms with Gasteiger partial charge in [-0.1, -0.05) is 24.3 Å². The van der Waals surface area contributed by atoms with Gasteiger partial charge in [-0.05, 0) is 42.8 Å². The minimum Gasteiger partial charge on any atom is -0.495 e. The number of aromatic nitrogens is 2. The van der Waals surface area contributed by atoms with Gasteiger partial charge < -0.3 is 15.4 Å². The smallest absolute Gasteiger partial charge is 0.272 e. The number of amides is 1. The van der Waals surface area contributed by atoms with Crippen molar-refractivity contribution in [3.63, 3.8) is 0 Å². The number of hydrogen-bond donors (Lipinski definition) is 2. The third-order valence-electron chi connectivity index (χ3n) is 3.91. The van der Waals surface area contributed by atoms with E-state index < -0.39 is 5.91 Å². The summed E-state index contributed by atoms with van der Waals surface area (Å²) < 4.78 is 18.9. The van der Waals surface area contributed by atoms with Crippen LogP contribution >= 0.6 is 0 Å². The first-order valence-corrected chi connectivity index (χ1v) is 8.34. The molecule has 0 bridgehead atoms. The van der Waals surface area contributed by atoms with E-state index in [1.165, 1.54) is 6.07 Å². The second kappa shape index (κ2) is 8.27. The van der Waals surface area contributed by atoms with E-state index in [2.05, 4.69) is 20.8 Å². The van der Waals surface area contributed by atoms with Crippen LogP contribution in [0, 0.1) is 12.7 Å². The van der Waals surface area contributed by atoms with Crippen LogP contribution in [-0.4, -0.2) is 23.2 Å². The van der Waals surface area contributed by atoms with E-state index in [-0.39, 0.29) is 18.1 Å². The summed E-state index contributed by atoms with van der Waals surface area (Å²) in [4.78, 5) is 12.2. The molecule has 0 aliphatic heterocycles. The Hall–Kier alpha value is -3.48. The number of anilines is 2. The number of carbonyl (C=O) groups is 1. The lowest BCUT2D eigenvalue weighted by Crippen LogP contribution is -2.24. The van der Waals surface area contributed by atoms with Crippen molar-refractivity contribution in [2.45, 2.75) is 13.5 Å². The molecule has 7 heteroatoms. The molecule has 1 amide bonds. The van der Waals surface area contributed by atoms with E-state index in [9.17, 15) is 9.18 Å². The molecule has 0 fully saturated rings. The Labute approximate surface area is 156 Å². The summed E-state index contributed by atoms with van der Waals surface area (Å²) in [6, 6.07) is 15.2. The van der Waals surface area contributed by atoms with Crippen LogP contribution in [0.15, 0.2) is 54.6 Å². The molecule has 3 aromatic rings. The molecule has 0 saturated heterocycles. The van der Waals surface area contributed by atoms with Gasteiger partial charge in [-0.25, -0.2) is 4.39 Å². The van der Waals surface area contributed by atoms with Crippen molar-refractivity contribution in [3.05, 3.63) is 77.2 Å². The van der Waals surface area contributed by atoms with Gasteiger partial charge in [0.1, 0.15) is 11.6 Å². The van der Waals surface area contributed by atoms with Gasteiger partial charge in [0.05, 0.1) is 12.8 Å². The number of nitrogens with one attached hydrogen (secondary N) is 2. The maximum Gasteiger partial charge on any atom is 0.272 e. The Morgan fingerprint density at radius 3 is 2.63 bits per heavy atom. The van der Waals surface area contributed by atoms with E-state index in [0.29, 0.717) is 17.1 Å². The standard InChI is InChI=1S/C20H19FN4O2/c1-13-7-9-18(27-2)17(11-13)23-19-10-8-16(24-25-19)20(26)22-12-14-5-3-4-6-15(14)21/h3-11H,12H2,1-2H3,(H,22,26)(H,23,25). The van der Waals surface area contributed by atoms with Crippen molar-refractivity contribution in [2.75, 3.05) is 12.4 Å². The minimum absolute atomic E-state index is 0.0771. The molecular formula is C20H19FN4O2. The lowest BCUT2D eigenvalue weighted by atomic mass is 10.2. The average molecular weight is 366 g/mol. The summed E-state index contributed by atoms with van der Waals surface area (Å²) >= 11 is 0. The SMILES string of the molecule is COc1ccc(C)cc1Nc1ccc(C(=O)NCc2ccccc2F)nn1. The molecule has 1 aromatic heterocycles. The Kier molecular flexibility index (Phi) is 5.61. The fraction of sp³-hybridized carbons (Fsp3) is 0.150. The highest BCUT2D eigenvalue weighted by Gasteiger charge is 2.10. The van der Waals surface area contributed by atoms with Crippen molar-refractivity contribution in [3.8, 4) is 5.75 Å². The van der Waals surface area contributed by atoms with Crippen LogP contribution in [0.5, 0.6) is 5.75 Å². The second-order valence-corrected chi connectivity index (χ2v) is 5.91. The van der Waals surface area contributed by atoms with E-state index in [1.807, 2.05) is 25.1 Å². The quantitative estimate of drug-likeness (QED) is 0.697. The fourth-order valence-corrected chi connectivity index (χ4v) is 2.49. The van der Waals surface area contributed by atoms with Crippen LogP contribution in [0.2, 0.25) is 0 Å². The summed E-state index contributed by atoms with van der Waals surface area (Å²) in [5.74, 6) is 0.361. The maximum atomic E-state index is 13.6. The number of benzene rings is 2. The maximum absolute atomic E-state index is 13.6. The molecule has 2 N–H and O–H groups in total. The van der Waals surface area contributed by atoms with Crippen molar-refractivity contribution >= 4 is 17.4 Å². The van der Waals surface area contributed by atoms with Gasteiger partial charge in [-0.2, -0.15) is 0 Å². The van der Waals surface area contributed by atoms with E-state index in [1.54, 1.807) is 37.4 Å². The molecule has 2 aromatic carbocycles. The molecule has 0 spiro atoms. The van der Waals surface area contributed by atoms with Crippen LogP contribution < -0.4 is 15.4 Å². The van der Waals surface area contributed by atoms with Crippen molar-refractivity contribution in [2.24, 2.45) is 0 Å². The number of hydrogen-bond acceptors (Lipinski definition) is 5. The van der Waals surface area contributed by atoms with Gasteiger partial charge in [-0.15, -0.1) is 10.2 Å². The fourth-order valence-electron chi connectivity index (χ4n) is 2.49. The van der Waals surface area contributed by atoms with Gasteiger partial charge in [0.2, 0.25) is 0 Å². The molecule has 1 heterocycles. The molecule has 0 saturated carbocycles.